The first-order chi connectivity index (χ1) is 30.0. The van der Waals surface area contributed by atoms with Crippen molar-refractivity contribution in [2.24, 2.45) is 0 Å². The lowest BCUT2D eigenvalue weighted by molar-refractivity contribution is -0.167. The predicted octanol–water partition coefficient (Wildman–Crippen LogP) is 16.2. The Bertz CT molecular complexity index is 1250. The van der Waals surface area contributed by atoms with Crippen LogP contribution in [-0.2, 0) is 28.6 Å². The Labute approximate surface area is 375 Å². The molecule has 0 radical (unpaired) electrons. The number of hydrogen-bond donors (Lipinski definition) is 0. The molecule has 61 heavy (non-hydrogen) atoms. The average Bonchev–Trinajstić information content (AvgIpc) is 3.26. The van der Waals surface area contributed by atoms with Crippen molar-refractivity contribution in [3.05, 3.63) is 97.2 Å². The van der Waals surface area contributed by atoms with Gasteiger partial charge in [0.1, 0.15) is 13.2 Å². The lowest BCUT2D eigenvalue weighted by atomic mass is 10.1. The van der Waals surface area contributed by atoms with Gasteiger partial charge in [-0.1, -0.05) is 208 Å². The van der Waals surface area contributed by atoms with E-state index in [-0.39, 0.29) is 31.1 Å². The monoisotopic (exact) mass is 847 g/mol. The normalized spacial score (nSPS) is 12.9. The van der Waals surface area contributed by atoms with Gasteiger partial charge in [-0.05, 0) is 83.5 Å². The minimum Gasteiger partial charge on any atom is -0.462 e. The fraction of sp³-hybridized carbons (Fsp3) is 0.655. The molecule has 6 nitrogen and oxygen atoms in total. The van der Waals surface area contributed by atoms with Crippen molar-refractivity contribution >= 4 is 17.9 Å². The van der Waals surface area contributed by atoms with Crippen molar-refractivity contribution < 1.29 is 28.6 Å². The zero-order valence-electron chi connectivity index (χ0n) is 39.4. The summed E-state index contributed by atoms with van der Waals surface area (Å²) in [6.07, 6.45) is 64.3. The van der Waals surface area contributed by atoms with Gasteiger partial charge in [0.15, 0.2) is 6.10 Å². The third kappa shape index (κ3) is 47.2. The maximum absolute atomic E-state index is 12.6. The Balaban J connectivity index is 4.14. The first-order valence-corrected chi connectivity index (χ1v) is 24.7. The van der Waals surface area contributed by atoms with Gasteiger partial charge < -0.3 is 14.2 Å². The van der Waals surface area contributed by atoms with Gasteiger partial charge in [-0.15, -0.1) is 0 Å². The van der Waals surface area contributed by atoms with E-state index in [9.17, 15) is 14.4 Å². The van der Waals surface area contributed by atoms with E-state index in [1.165, 1.54) is 51.4 Å². The first-order valence-electron chi connectivity index (χ1n) is 24.7. The highest BCUT2D eigenvalue weighted by Crippen LogP contribution is 2.13. The summed E-state index contributed by atoms with van der Waals surface area (Å²) in [6, 6.07) is 0. The number of carbonyl (C=O) groups is 3. The molecule has 0 aromatic carbocycles. The second kappa shape index (κ2) is 49.0. The molecule has 0 N–H and O–H groups in total. The molecule has 0 amide bonds. The van der Waals surface area contributed by atoms with Gasteiger partial charge in [0.25, 0.3) is 0 Å². The zero-order valence-corrected chi connectivity index (χ0v) is 39.4. The maximum Gasteiger partial charge on any atom is 0.306 e. The van der Waals surface area contributed by atoms with Crippen LogP contribution in [0.3, 0.4) is 0 Å². The Morgan fingerprint density at radius 1 is 0.344 bits per heavy atom. The molecule has 0 spiro atoms. The third-order valence-electron chi connectivity index (χ3n) is 10.1. The van der Waals surface area contributed by atoms with Gasteiger partial charge in [0.05, 0.1) is 0 Å². The van der Waals surface area contributed by atoms with Crippen LogP contribution in [0.1, 0.15) is 213 Å². The molecule has 6 heteroatoms. The number of carbonyl (C=O) groups excluding carboxylic acids is 3. The van der Waals surface area contributed by atoms with E-state index in [2.05, 4.69) is 118 Å². The Morgan fingerprint density at radius 3 is 1.00 bits per heavy atom. The summed E-state index contributed by atoms with van der Waals surface area (Å²) < 4.78 is 16.6. The van der Waals surface area contributed by atoms with E-state index in [1.54, 1.807) is 0 Å². The summed E-state index contributed by atoms with van der Waals surface area (Å²) in [5, 5.41) is 0. The molecule has 0 aromatic rings. The van der Waals surface area contributed by atoms with Crippen LogP contribution in [0.5, 0.6) is 0 Å². The van der Waals surface area contributed by atoms with Gasteiger partial charge in [-0.3, -0.25) is 14.4 Å². The van der Waals surface area contributed by atoms with Crippen molar-refractivity contribution in [2.45, 2.75) is 219 Å². The van der Waals surface area contributed by atoms with E-state index < -0.39 is 6.10 Å². The molecule has 0 saturated carbocycles. The van der Waals surface area contributed by atoms with Crippen molar-refractivity contribution in [1.29, 1.82) is 0 Å². The van der Waals surface area contributed by atoms with Gasteiger partial charge in [0, 0.05) is 19.3 Å². The van der Waals surface area contributed by atoms with Crippen molar-refractivity contribution in [3.8, 4) is 0 Å². The Hall–Kier alpha value is -3.67. The topological polar surface area (TPSA) is 78.9 Å². The van der Waals surface area contributed by atoms with Crippen LogP contribution in [0.25, 0.3) is 0 Å². The van der Waals surface area contributed by atoms with Crippen molar-refractivity contribution in [1.82, 2.24) is 0 Å². The standard InChI is InChI=1S/C55H90O6/c1-4-7-10-13-16-18-19-20-21-22-23-24-25-26-27-28-29-30-31-32-33-34-35-36-37-38-40-42-45-48-54(57)60-51-52(50-59-53(56)47-44-41-15-12-9-6-3)61-55(58)49-46-43-39-17-14-11-8-5-2/h7,10,16,18,20-21,23-24,26-27,29-30,32-33,35-36,52H,4-6,8-9,11-15,17,19,22,25,28,31,34,37-51H2,1-3H3/b10-7-,18-16-,21-20-,24-23-,27-26-,30-29-,33-32-,36-35-. The lowest BCUT2D eigenvalue weighted by Gasteiger charge is -2.18. The smallest absolute Gasteiger partial charge is 0.306 e. The second-order valence-corrected chi connectivity index (χ2v) is 16.0. The van der Waals surface area contributed by atoms with E-state index in [0.717, 1.165) is 122 Å². The minimum absolute atomic E-state index is 0.0854. The highest BCUT2D eigenvalue weighted by atomic mass is 16.6. The fourth-order valence-electron chi connectivity index (χ4n) is 6.40. The van der Waals surface area contributed by atoms with Crippen molar-refractivity contribution in [2.75, 3.05) is 13.2 Å². The van der Waals surface area contributed by atoms with Crippen molar-refractivity contribution in [3.63, 3.8) is 0 Å². The molecule has 0 heterocycles. The van der Waals surface area contributed by atoms with Crippen LogP contribution in [0.2, 0.25) is 0 Å². The van der Waals surface area contributed by atoms with Gasteiger partial charge in [0.2, 0.25) is 0 Å². The lowest BCUT2D eigenvalue weighted by Crippen LogP contribution is -2.30. The van der Waals surface area contributed by atoms with Gasteiger partial charge in [-0.25, -0.2) is 0 Å². The summed E-state index contributed by atoms with van der Waals surface area (Å²) in [7, 11) is 0. The fourth-order valence-corrected chi connectivity index (χ4v) is 6.40. The largest absolute Gasteiger partial charge is 0.462 e. The molecule has 0 bridgehead atoms. The second-order valence-electron chi connectivity index (χ2n) is 16.0. The maximum atomic E-state index is 12.6. The molecule has 1 atom stereocenters. The van der Waals surface area contributed by atoms with Crippen LogP contribution >= 0.6 is 0 Å². The summed E-state index contributed by atoms with van der Waals surface area (Å²) in [5.74, 6) is -0.933. The number of rotatable bonds is 43. The molecule has 0 aliphatic heterocycles. The van der Waals surface area contributed by atoms with Gasteiger partial charge in [-0.2, -0.15) is 0 Å². The quantitative estimate of drug-likeness (QED) is 0.0263. The molecule has 0 aliphatic rings. The van der Waals surface area contributed by atoms with E-state index in [1.807, 2.05) is 0 Å². The molecular formula is C55H90O6. The predicted molar refractivity (Wildman–Crippen MR) is 260 cm³/mol. The van der Waals surface area contributed by atoms with Crippen LogP contribution in [0.4, 0.5) is 0 Å². The number of ether oxygens (including phenoxy) is 3. The SMILES string of the molecule is CC/C=C\C/C=C\C/C=C\C/C=C\C/C=C\C/C=C\C/C=C\C/C=C\CCCCCCC(=O)OCC(COC(=O)CCCCCCCC)OC(=O)CCCCCCCCCC. The average molecular weight is 847 g/mol. The van der Waals surface area contributed by atoms with E-state index >= 15 is 0 Å². The summed E-state index contributed by atoms with van der Waals surface area (Å²) in [4.78, 5) is 37.5. The van der Waals surface area contributed by atoms with E-state index in [0.29, 0.717) is 19.3 Å². The summed E-state index contributed by atoms with van der Waals surface area (Å²) in [6.45, 7) is 6.39. The highest BCUT2D eigenvalue weighted by molar-refractivity contribution is 5.71. The molecule has 346 valence electrons. The van der Waals surface area contributed by atoms with Crippen LogP contribution in [0, 0.1) is 0 Å². The van der Waals surface area contributed by atoms with Crippen LogP contribution in [-0.4, -0.2) is 37.2 Å². The first kappa shape index (κ1) is 57.3. The molecule has 0 rings (SSSR count). The minimum atomic E-state index is -0.780. The number of unbranched alkanes of at least 4 members (excludes halogenated alkanes) is 16. The molecule has 0 saturated heterocycles. The number of allylic oxidation sites excluding steroid dienone is 16. The Morgan fingerprint density at radius 2 is 0.639 bits per heavy atom. The number of esters is 3. The third-order valence-corrected chi connectivity index (χ3v) is 10.1. The zero-order chi connectivity index (χ0) is 44.4. The van der Waals surface area contributed by atoms with Crippen LogP contribution < -0.4 is 0 Å². The Kier molecular flexibility index (Phi) is 46.0. The number of hydrogen-bond acceptors (Lipinski definition) is 6. The van der Waals surface area contributed by atoms with Crippen LogP contribution in [0.15, 0.2) is 97.2 Å². The molecule has 0 aromatic heterocycles. The molecule has 0 aliphatic carbocycles. The summed E-state index contributed by atoms with van der Waals surface area (Å²) in [5.41, 5.74) is 0. The highest BCUT2D eigenvalue weighted by Gasteiger charge is 2.19. The summed E-state index contributed by atoms with van der Waals surface area (Å²) >= 11 is 0. The van der Waals surface area contributed by atoms with Gasteiger partial charge >= 0.3 is 17.9 Å². The molecule has 0 fully saturated rings. The van der Waals surface area contributed by atoms with E-state index in [4.69, 9.17) is 14.2 Å². The molecular weight excluding hydrogens is 757 g/mol. The molecule has 1 unspecified atom stereocenters.